The van der Waals surface area contributed by atoms with E-state index >= 15 is 0 Å². The number of rotatable bonds is 7. The van der Waals surface area contributed by atoms with Crippen molar-refractivity contribution in [1.29, 1.82) is 0 Å². The molecule has 3 N–H and O–H groups in total. The Labute approximate surface area is 193 Å². The lowest BCUT2D eigenvalue weighted by atomic mass is 10.1. The summed E-state index contributed by atoms with van der Waals surface area (Å²) in [5.41, 5.74) is 6.77. The number of nitrogens with zero attached hydrogens (tertiary/aromatic N) is 4. The Bertz CT molecular complexity index is 1320. The molecule has 0 spiro atoms. The zero-order valence-corrected chi connectivity index (χ0v) is 19.6. The van der Waals surface area contributed by atoms with Crippen molar-refractivity contribution in [3.8, 4) is 22.5 Å². The van der Waals surface area contributed by atoms with E-state index in [1.54, 1.807) is 13.8 Å². The van der Waals surface area contributed by atoms with E-state index in [4.69, 9.17) is 5.10 Å². The topological polar surface area (TPSA) is 91.1 Å². The van der Waals surface area contributed by atoms with Gasteiger partial charge in [0.25, 0.3) is 0 Å². The maximum atomic E-state index is 10.2. The number of H-pyrrole nitrogens is 1. The highest BCUT2D eigenvalue weighted by molar-refractivity contribution is 5.77. The number of benzene rings is 1. The fourth-order valence-electron chi connectivity index (χ4n) is 3.82. The highest BCUT2D eigenvalue weighted by Gasteiger charge is 2.26. The minimum absolute atomic E-state index is 0.408. The maximum absolute atomic E-state index is 10.2. The number of nitrogens with one attached hydrogen (secondary N) is 2. The molecule has 1 aliphatic rings. The Kier molecular flexibility index (Phi) is 5.29. The van der Waals surface area contributed by atoms with Gasteiger partial charge in [0, 0.05) is 18.0 Å². The van der Waals surface area contributed by atoms with E-state index in [2.05, 4.69) is 44.5 Å². The maximum Gasteiger partial charge on any atom is 0.177 e. The average molecular weight is 443 g/mol. The van der Waals surface area contributed by atoms with E-state index < -0.39 is 5.60 Å². The summed E-state index contributed by atoms with van der Waals surface area (Å²) in [6, 6.07) is 10.4. The van der Waals surface area contributed by atoms with Crippen molar-refractivity contribution < 1.29 is 5.11 Å². The quantitative estimate of drug-likeness (QED) is 0.363. The fraction of sp³-hybridized carbons (Fsp3) is 0.346. The van der Waals surface area contributed by atoms with Gasteiger partial charge in [0.15, 0.2) is 5.65 Å². The number of hydrogen-bond acceptors (Lipinski definition) is 5. The lowest BCUT2D eigenvalue weighted by Gasteiger charge is -2.19. The zero-order valence-electron chi connectivity index (χ0n) is 19.6. The number of imidazole rings is 2. The molecule has 1 saturated carbocycles. The molecule has 3 aromatic heterocycles. The highest BCUT2D eigenvalue weighted by Crippen LogP contribution is 2.39. The van der Waals surface area contributed by atoms with Crippen molar-refractivity contribution in [3.05, 3.63) is 60.3 Å². The van der Waals surface area contributed by atoms with Gasteiger partial charge in [-0.3, -0.25) is 0 Å². The van der Waals surface area contributed by atoms with Crippen LogP contribution in [0.25, 0.3) is 33.7 Å². The normalized spacial score (nSPS) is 14.8. The average Bonchev–Trinajstić information content (AvgIpc) is 3.37. The summed E-state index contributed by atoms with van der Waals surface area (Å²) in [7, 11) is 0. The van der Waals surface area contributed by atoms with E-state index in [0.29, 0.717) is 12.5 Å². The van der Waals surface area contributed by atoms with Gasteiger partial charge in [-0.2, -0.15) is 5.10 Å². The second-order valence-corrected chi connectivity index (χ2v) is 9.49. The van der Waals surface area contributed by atoms with E-state index in [-0.39, 0.29) is 0 Å². The van der Waals surface area contributed by atoms with Gasteiger partial charge < -0.3 is 15.4 Å². The van der Waals surface area contributed by atoms with Crippen LogP contribution in [0, 0.1) is 0 Å². The number of aromatic amines is 1. The van der Waals surface area contributed by atoms with Crippen molar-refractivity contribution in [2.45, 2.75) is 52.1 Å². The largest absolute Gasteiger partial charge is 0.389 e. The summed E-state index contributed by atoms with van der Waals surface area (Å²) in [5.74, 6) is 1.70. The zero-order chi connectivity index (χ0) is 23.2. The summed E-state index contributed by atoms with van der Waals surface area (Å²) < 4.78 is 1.88. The first-order valence-corrected chi connectivity index (χ1v) is 11.5. The van der Waals surface area contributed by atoms with Crippen molar-refractivity contribution in [2.75, 3.05) is 11.9 Å². The Morgan fingerprint density at radius 2 is 1.91 bits per heavy atom. The Balaban J connectivity index is 1.52. The second kappa shape index (κ2) is 8.15. The minimum atomic E-state index is -0.840. The van der Waals surface area contributed by atoms with Crippen LogP contribution in [0.15, 0.2) is 48.8 Å². The molecule has 170 valence electrons. The van der Waals surface area contributed by atoms with E-state index in [0.717, 1.165) is 50.9 Å². The predicted molar refractivity (Wildman–Crippen MR) is 132 cm³/mol. The van der Waals surface area contributed by atoms with Crippen LogP contribution in [0.5, 0.6) is 0 Å². The number of fused-ring (bicyclic) bond motifs is 1. The lowest BCUT2D eigenvalue weighted by Crippen LogP contribution is -2.29. The summed E-state index contributed by atoms with van der Waals surface area (Å²) >= 11 is 0. The van der Waals surface area contributed by atoms with E-state index in [9.17, 15) is 5.11 Å². The van der Waals surface area contributed by atoms with Crippen LogP contribution in [0.3, 0.4) is 0 Å². The van der Waals surface area contributed by atoms with Gasteiger partial charge in [0.05, 0.1) is 40.8 Å². The van der Waals surface area contributed by atoms with Crippen LogP contribution < -0.4 is 5.32 Å². The minimum Gasteiger partial charge on any atom is -0.389 e. The van der Waals surface area contributed by atoms with Gasteiger partial charge in [0.2, 0.25) is 0 Å². The summed E-state index contributed by atoms with van der Waals surface area (Å²) in [6.45, 7) is 8.01. The van der Waals surface area contributed by atoms with Crippen molar-refractivity contribution >= 4 is 16.9 Å². The van der Waals surface area contributed by atoms with Gasteiger partial charge in [-0.25, -0.2) is 14.5 Å². The molecule has 7 nitrogen and oxygen atoms in total. The van der Waals surface area contributed by atoms with Crippen molar-refractivity contribution in [3.63, 3.8) is 0 Å². The molecule has 1 aliphatic carbocycles. The molecule has 1 fully saturated rings. The first kappa shape index (κ1) is 21.4. The van der Waals surface area contributed by atoms with Gasteiger partial charge in [-0.1, -0.05) is 30.3 Å². The Morgan fingerprint density at radius 3 is 2.58 bits per heavy atom. The molecule has 33 heavy (non-hydrogen) atoms. The molecule has 0 radical (unpaired) electrons. The van der Waals surface area contributed by atoms with Crippen LogP contribution in [0.2, 0.25) is 0 Å². The summed E-state index contributed by atoms with van der Waals surface area (Å²) in [5, 5.41) is 18.4. The number of hydrogen-bond donors (Lipinski definition) is 3. The lowest BCUT2D eigenvalue weighted by molar-refractivity contribution is 0.0945. The standard InChI is InChI=1S/C26H30N6O/c1-5-16(2)20-12-21(29-15-26(3,4)33)25-28-14-23(32(25)31-20)18-8-6-17(7-9-18)22-13-27-24(30-22)19-10-11-19/h5-9,12-14,19,29,33H,10-11,15H2,1-4H3,(H,27,30)/b16-5-. The van der Waals surface area contributed by atoms with Crippen LogP contribution in [0.4, 0.5) is 5.69 Å². The van der Waals surface area contributed by atoms with Crippen molar-refractivity contribution in [1.82, 2.24) is 24.6 Å². The molecule has 0 bridgehead atoms. The third-order valence-corrected chi connectivity index (χ3v) is 6.07. The van der Waals surface area contributed by atoms with Crippen LogP contribution in [-0.4, -0.2) is 41.8 Å². The van der Waals surface area contributed by atoms with Gasteiger partial charge in [0.1, 0.15) is 5.82 Å². The molecule has 0 saturated heterocycles. The smallest absolute Gasteiger partial charge is 0.177 e. The molecule has 7 heteroatoms. The third-order valence-electron chi connectivity index (χ3n) is 6.07. The van der Waals surface area contributed by atoms with Crippen molar-refractivity contribution in [2.24, 2.45) is 0 Å². The van der Waals surface area contributed by atoms with Crippen LogP contribution in [0.1, 0.15) is 58.0 Å². The van der Waals surface area contributed by atoms with Gasteiger partial charge in [-0.15, -0.1) is 0 Å². The number of allylic oxidation sites excluding steroid dienone is 2. The number of aromatic nitrogens is 5. The van der Waals surface area contributed by atoms with Gasteiger partial charge in [-0.05, 0) is 57.7 Å². The molecule has 5 rings (SSSR count). The SMILES string of the molecule is C/C=C(/C)c1cc(NCC(C)(C)O)c2ncc(-c3ccc(-c4cnc(C5CC5)[nH]4)cc3)n2n1. The molecular formula is C26H30N6O. The molecule has 1 aromatic carbocycles. The fourth-order valence-corrected chi connectivity index (χ4v) is 3.82. The van der Waals surface area contributed by atoms with Crippen LogP contribution in [-0.2, 0) is 0 Å². The first-order valence-electron chi connectivity index (χ1n) is 11.5. The summed E-state index contributed by atoms with van der Waals surface area (Å²) in [4.78, 5) is 12.6. The molecular weight excluding hydrogens is 412 g/mol. The number of aliphatic hydroxyl groups is 1. The number of anilines is 1. The molecule has 0 atom stereocenters. The molecule has 0 unspecified atom stereocenters. The first-order chi connectivity index (χ1) is 15.8. The molecule has 0 aliphatic heterocycles. The van der Waals surface area contributed by atoms with E-state index in [1.165, 1.54) is 12.8 Å². The van der Waals surface area contributed by atoms with Crippen LogP contribution >= 0.6 is 0 Å². The predicted octanol–water partition coefficient (Wildman–Crippen LogP) is 5.27. The second-order valence-electron chi connectivity index (χ2n) is 9.49. The molecule has 4 aromatic rings. The summed E-state index contributed by atoms with van der Waals surface area (Å²) in [6.07, 6.45) is 8.27. The Morgan fingerprint density at radius 1 is 1.18 bits per heavy atom. The highest BCUT2D eigenvalue weighted by atomic mass is 16.3. The third kappa shape index (κ3) is 4.41. The molecule has 3 heterocycles. The Hall–Kier alpha value is -3.45. The monoisotopic (exact) mass is 442 g/mol. The van der Waals surface area contributed by atoms with Gasteiger partial charge >= 0.3 is 0 Å². The van der Waals surface area contributed by atoms with E-state index in [1.807, 2.05) is 42.9 Å². The molecule has 0 amide bonds.